The van der Waals surface area contributed by atoms with E-state index in [4.69, 9.17) is 0 Å². The molecule has 0 fully saturated rings. The van der Waals surface area contributed by atoms with Gasteiger partial charge in [0.05, 0.1) is 23.9 Å². The van der Waals surface area contributed by atoms with Crippen LogP contribution in [0.3, 0.4) is 0 Å². The Balaban J connectivity index is 1.78. The molecule has 0 aliphatic heterocycles. The third-order valence-corrected chi connectivity index (χ3v) is 4.24. The van der Waals surface area contributed by atoms with Crippen molar-refractivity contribution >= 4 is 39.7 Å². The maximum atomic E-state index is 12.4. The number of esters is 1. The Labute approximate surface area is 148 Å². The predicted molar refractivity (Wildman–Crippen MR) is 101 cm³/mol. The number of methoxy groups -OCH3 is 1. The number of aliphatic imine (C=N–C) groups is 1. The Bertz CT molecular complexity index is 1200. The number of hydrogen-bond donors (Lipinski definition) is 2. The van der Waals surface area contributed by atoms with Crippen LogP contribution >= 0.6 is 0 Å². The fraction of sp³-hybridized carbons (Fsp3) is 0.0500. The number of pyridine rings is 1. The minimum Gasteiger partial charge on any atom is -0.465 e. The van der Waals surface area contributed by atoms with Gasteiger partial charge in [0, 0.05) is 34.2 Å². The minimum atomic E-state index is -0.401. The van der Waals surface area contributed by atoms with Gasteiger partial charge in [-0.3, -0.25) is 9.79 Å². The first-order chi connectivity index (χ1) is 12.7. The molecule has 0 aliphatic rings. The summed E-state index contributed by atoms with van der Waals surface area (Å²) in [4.78, 5) is 34.3. The number of rotatable bonds is 3. The Morgan fingerprint density at radius 3 is 2.62 bits per heavy atom. The highest BCUT2D eigenvalue weighted by Crippen LogP contribution is 2.24. The molecule has 4 rings (SSSR count). The van der Waals surface area contributed by atoms with Gasteiger partial charge in [0.1, 0.15) is 0 Å². The van der Waals surface area contributed by atoms with E-state index in [9.17, 15) is 9.59 Å². The molecule has 0 aliphatic carbocycles. The summed E-state index contributed by atoms with van der Waals surface area (Å²) in [6.07, 6.45) is 3.40. The summed E-state index contributed by atoms with van der Waals surface area (Å²) < 4.78 is 4.67. The van der Waals surface area contributed by atoms with Crippen LogP contribution in [0.2, 0.25) is 0 Å². The predicted octanol–water partition coefficient (Wildman–Crippen LogP) is 3.55. The Morgan fingerprint density at radius 2 is 1.85 bits per heavy atom. The van der Waals surface area contributed by atoms with Gasteiger partial charge >= 0.3 is 5.97 Å². The molecule has 0 amide bonds. The molecule has 0 radical (unpaired) electrons. The van der Waals surface area contributed by atoms with Gasteiger partial charge in [0.25, 0.3) is 5.56 Å². The number of aromatic amines is 2. The summed E-state index contributed by atoms with van der Waals surface area (Å²) in [5.41, 5.74) is 3.11. The summed E-state index contributed by atoms with van der Waals surface area (Å²) in [7, 11) is 1.34. The van der Waals surface area contributed by atoms with Gasteiger partial charge in [0.15, 0.2) is 0 Å². The summed E-state index contributed by atoms with van der Waals surface area (Å²) in [6.45, 7) is 0. The largest absolute Gasteiger partial charge is 0.465 e. The summed E-state index contributed by atoms with van der Waals surface area (Å²) in [6, 6.07) is 14.3. The number of hydrogen-bond acceptors (Lipinski definition) is 4. The molecule has 2 N–H and O–H groups in total. The van der Waals surface area contributed by atoms with Gasteiger partial charge < -0.3 is 14.7 Å². The average Bonchev–Trinajstić information content (AvgIpc) is 3.01. The first-order valence-corrected chi connectivity index (χ1v) is 8.02. The van der Waals surface area contributed by atoms with E-state index in [0.717, 1.165) is 21.8 Å². The topological polar surface area (TPSA) is 87.3 Å². The number of benzene rings is 2. The van der Waals surface area contributed by atoms with Crippen LogP contribution < -0.4 is 5.56 Å². The van der Waals surface area contributed by atoms with Crippen molar-refractivity contribution in [2.24, 2.45) is 4.99 Å². The maximum Gasteiger partial charge on any atom is 0.337 e. The van der Waals surface area contributed by atoms with Crippen LogP contribution in [-0.2, 0) is 4.74 Å². The number of nitrogens with one attached hydrogen (secondary N) is 2. The molecule has 26 heavy (non-hydrogen) atoms. The smallest absolute Gasteiger partial charge is 0.337 e. The molecule has 6 nitrogen and oxygen atoms in total. The molecule has 2 aromatic carbocycles. The first kappa shape index (κ1) is 15.8. The lowest BCUT2D eigenvalue weighted by Gasteiger charge is -2.01. The molecule has 0 bridgehead atoms. The van der Waals surface area contributed by atoms with Gasteiger partial charge in [-0.2, -0.15) is 0 Å². The average molecular weight is 345 g/mol. The number of H-pyrrole nitrogens is 2. The van der Waals surface area contributed by atoms with E-state index in [1.54, 1.807) is 30.5 Å². The zero-order valence-electron chi connectivity index (χ0n) is 13.9. The zero-order valence-corrected chi connectivity index (χ0v) is 13.9. The van der Waals surface area contributed by atoms with Crippen molar-refractivity contribution in [3.05, 3.63) is 76.2 Å². The standard InChI is InChI=1S/C20H15N3O3/c1-26-20(25)12-4-6-13(7-5-12)22-11-15-18-14-3-2-10-21-16(14)8-9-17(18)23-19(15)24/h2-11,21H,1H3,(H,23,24). The molecule has 128 valence electrons. The highest BCUT2D eigenvalue weighted by molar-refractivity contribution is 6.13. The van der Waals surface area contributed by atoms with Gasteiger partial charge in [-0.25, -0.2) is 4.79 Å². The van der Waals surface area contributed by atoms with Crippen molar-refractivity contribution in [1.29, 1.82) is 0 Å². The van der Waals surface area contributed by atoms with E-state index in [2.05, 4.69) is 19.7 Å². The van der Waals surface area contributed by atoms with E-state index >= 15 is 0 Å². The number of nitrogens with zero attached hydrogens (tertiary/aromatic N) is 1. The highest BCUT2D eigenvalue weighted by atomic mass is 16.5. The molecular formula is C20H15N3O3. The maximum absolute atomic E-state index is 12.4. The van der Waals surface area contributed by atoms with Crippen molar-refractivity contribution in [3.8, 4) is 0 Å². The number of carbonyl (C=O) groups excluding carboxylic acids is 1. The number of aromatic nitrogens is 2. The van der Waals surface area contributed by atoms with Crippen LogP contribution in [0.5, 0.6) is 0 Å². The van der Waals surface area contributed by atoms with Crippen molar-refractivity contribution in [2.45, 2.75) is 0 Å². The van der Waals surface area contributed by atoms with Gasteiger partial charge in [0.2, 0.25) is 0 Å². The van der Waals surface area contributed by atoms with Gasteiger partial charge in [-0.15, -0.1) is 0 Å². The lowest BCUT2D eigenvalue weighted by molar-refractivity contribution is 0.0601. The van der Waals surface area contributed by atoms with Crippen molar-refractivity contribution in [1.82, 2.24) is 9.97 Å². The van der Waals surface area contributed by atoms with Gasteiger partial charge in [-0.1, -0.05) is 6.07 Å². The molecule has 0 spiro atoms. The van der Waals surface area contributed by atoms with E-state index in [1.807, 2.05) is 30.5 Å². The van der Waals surface area contributed by atoms with Crippen LogP contribution in [-0.4, -0.2) is 29.3 Å². The van der Waals surface area contributed by atoms with Crippen LogP contribution in [0.15, 0.2) is 64.5 Å². The molecule has 0 unspecified atom stereocenters. The van der Waals surface area contributed by atoms with Crippen molar-refractivity contribution < 1.29 is 9.53 Å². The monoisotopic (exact) mass is 345 g/mol. The minimum absolute atomic E-state index is 0.189. The molecule has 2 aromatic heterocycles. The molecule has 6 heteroatoms. The first-order valence-electron chi connectivity index (χ1n) is 8.02. The second kappa shape index (κ2) is 6.33. The van der Waals surface area contributed by atoms with Crippen LogP contribution in [0.4, 0.5) is 5.69 Å². The molecular weight excluding hydrogens is 330 g/mol. The van der Waals surface area contributed by atoms with Crippen LogP contribution in [0, 0.1) is 0 Å². The molecule has 4 aromatic rings. The van der Waals surface area contributed by atoms with E-state index in [1.165, 1.54) is 7.11 Å². The van der Waals surface area contributed by atoms with E-state index in [-0.39, 0.29) is 5.56 Å². The second-order valence-corrected chi connectivity index (χ2v) is 5.78. The van der Waals surface area contributed by atoms with E-state index in [0.29, 0.717) is 16.8 Å². The number of fused-ring (bicyclic) bond motifs is 3. The quantitative estimate of drug-likeness (QED) is 0.440. The normalized spacial score (nSPS) is 11.4. The summed E-state index contributed by atoms with van der Waals surface area (Å²) in [5.74, 6) is -0.401. The van der Waals surface area contributed by atoms with Crippen molar-refractivity contribution in [3.63, 3.8) is 0 Å². The summed E-state index contributed by atoms with van der Waals surface area (Å²) in [5, 5.41) is 1.78. The van der Waals surface area contributed by atoms with Crippen LogP contribution in [0.1, 0.15) is 15.9 Å². The fourth-order valence-corrected chi connectivity index (χ4v) is 2.96. The highest BCUT2D eigenvalue weighted by Gasteiger charge is 2.11. The SMILES string of the molecule is COC(=O)c1ccc(N=Cc2c(=O)[nH]c3ccc4[nH]cccc4c23)cc1. The zero-order chi connectivity index (χ0) is 18.1. The summed E-state index contributed by atoms with van der Waals surface area (Å²) >= 11 is 0. The lowest BCUT2D eigenvalue weighted by Crippen LogP contribution is -2.04. The van der Waals surface area contributed by atoms with Gasteiger partial charge in [-0.05, 0) is 42.5 Å². The Morgan fingerprint density at radius 1 is 1.08 bits per heavy atom. The molecule has 0 saturated heterocycles. The Hall–Kier alpha value is -3.67. The Kier molecular flexibility index (Phi) is 3.85. The van der Waals surface area contributed by atoms with E-state index < -0.39 is 5.97 Å². The number of carbonyl (C=O) groups is 1. The fourth-order valence-electron chi connectivity index (χ4n) is 2.96. The molecule has 0 saturated carbocycles. The third kappa shape index (κ3) is 2.67. The second-order valence-electron chi connectivity index (χ2n) is 5.78. The molecule has 0 atom stereocenters. The third-order valence-electron chi connectivity index (χ3n) is 4.24. The molecule has 2 heterocycles. The van der Waals surface area contributed by atoms with Crippen LogP contribution in [0.25, 0.3) is 21.8 Å². The number of ether oxygens (including phenoxy) is 1. The van der Waals surface area contributed by atoms with Crippen molar-refractivity contribution in [2.75, 3.05) is 7.11 Å². The lowest BCUT2D eigenvalue weighted by atomic mass is 10.1.